The van der Waals surface area contributed by atoms with E-state index in [4.69, 9.17) is 32.9 Å². The van der Waals surface area contributed by atoms with Gasteiger partial charge in [-0.25, -0.2) is 4.18 Å². The van der Waals surface area contributed by atoms with Crippen molar-refractivity contribution in [2.24, 2.45) is 5.41 Å². The van der Waals surface area contributed by atoms with Crippen LogP contribution in [0.25, 0.3) is 0 Å². The molecule has 0 aliphatic rings. The van der Waals surface area contributed by atoms with Crippen LogP contribution >= 0.6 is 23.2 Å². The summed E-state index contributed by atoms with van der Waals surface area (Å²) in [5.74, 6) is -0.134. The van der Waals surface area contributed by atoms with Crippen molar-refractivity contribution in [3.63, 3.8) is 0 Å². The third kappa shape index (κ3) is 4.99. The quantitative estimate of drug-likeness (QED) is 0.524. The predicted octanol–water partition coefficient (Wildman–Crippen LogP) is 0.262. The highest BCUT2D eigenvalue weighted by molar-refractivity contribution is 7.80. The van der Waals surface area contributed by atoms with Crippen molar-refractivity contribution in [2.45, 2.75) is 0 Å². The second kappa shape index (κ2) is 5.33. The summed E-state index contributed by atoms with van der Waals surface area (Å²) in [5, 5.41) is 8.85. The summed E-state index contributed by atoms with van der Waals surface area (Å²) in [6.07, 6.45) is 0. The molecular formula is C5H10Cl2O5S. The van der Waals surface area contributed by atoms with E-state index in [-0.39, 0.29) is 11.8 Å². The Hall–Kier alpha value is 0.410. The molecule has 0 aromatic rings. The standard InChI is InChI=1S/C5H10Cl2O5S/c6-1-5(2-7,3-8)4-12-13(9,10)11/h8H,1-4H2,(H,9,10,11). The summed E-state index contributed by atoms with van der Waals surface area (Å²) in [4.78, 5) is 0. The zero-order chi connectivity index (χ0) is 10.5. The van der Waals surface area contributed by atoms with Gasteiger partial charge in [-0.15, -0.1) is 23.2 Å². The molecular weight excluding hydrogens is 243 g/mol. The number of aliphatic hydroxyl groups is 1. The Kier molecular flexibility index (Phi) is 5.50. The van der Waals surface area contributed by atoms with Gasteiger partial charge < -0.3 is 5.11 Å². The summed E-state index contributed by atoms with van der Waals surface area (Å²) >= 11 is 10.9. The van der Waals surface area contributed by atoms with Crippen LogP contribution < -0.4 is 0 Å². The minimum absolute atomic E-state index is 0.0669. The lowest BCUT2D eigenvalue weighted by molar-refractivity contribution is 0.0992. The van der Waals surface area contributed by atoms with Gasteiger partial charge in [0, 0.05) is 17.2 Å². The first-order chi connectivity index (χ1) is 5.89. The third-order valence-electron chi connectivity index (χ3n) is 1.42. The highest BCUT2D eigenvalue weighted by Gasteiger charge is 2.30. The largest absolute Gasteiger partial charge is 0.397 e. The zero-order valence-corrected chi connectivity index (χ0v) is 8.94. The van der Waals surface area contributed by atoms with E-state index in [1.54, 1.807) is 0 Å². The monoisotopic (exact) mass is 252 g/mol. The molecule has 0 aliphatic carbocycles. The van der Waals surface area contributed by atoms with E-state index in [1.807, 2.05) is 0 Å². The number of hydrogen-bond donors (Lipinski definition) is 2. The van der Waals surface area contributed by atoms with Crippen molar-refractivity contribution < 1.29 is 22.3 Å². The topological polar surface area (TPSA) is 83.8 Å². The average molecular weight is 253 g/mol. The first-order valence-corrected chi connectivity index (χ1v) is 5.67. The maximum absolute atomic E-state index is 10.2. The fourth-order valence-corrected chi connectivity index (χ4v) is 1.45. The lowest BCUT2D eigenvalue weighted by atomic mass is 9.96. The summed E-state index contributed by atoms with van der Waals surface area (Å²) in [7, 11) is -4.52. The maximum atomic E-state index is 10.2. The Balaban J connectivity index is 4.27. The molecule has 2 N–H and O–H groups in total. The zero-order valence-electron chi connectivity index (χ0n) is 6.61. The molecule has 13 heavy (non-hydrogen) atoms. The Morgan fingerprint density at radius 1 is 1.31 bits per heavy atom. The van der Waals surface area contributed by atoms with Gasteiger partial charge in [-0.05, 0) is 0 Å². The van der Waals surface area contributed by atoms with Crippen LogP contribution in [0.3, 0.4) is 0 Å². The maximum Gasteiger partial charge on any atom is 0.397 e. The van der Waals surface area contributed by atoms with Crippen LogP contribution in [0, 0.1) is 5.41 Å². The van der Waals surface area contributed by atoms with E-state index >= 15 is 0 Å². The molecule has 0 rings (SSSR count). The lowest BCUT2D eigenvalue weighted by Gasteiger charge is -2.25. The lowest BCUT2D eigenvalue weighted by Crippen LogP contribution is -2.36. The fraction of sp³-hybridized carbons (Fsp3) is 1.00. The Bertz CT molecular complexity index is 227. The van der Waals surface area contributed by atoms with E-state index in [9.17, 15) is 8.42 Å². The molecule has 0 saturated heterocycles. The van der Waals surface area contributed by atoms with Crippen LogP contribution in [-0.2, 0) is 14.6 Å². The molecule has 0 heterocycles. The number of hydrogen-bond acceptors (Lipinski definition) is 4. The van der Waals surface area contributed by atoms with Crippen LogP contribution in [0.1, 0.15) is 0 Å². The highest BCUT2D eigenvalue weighted by Crippen LogP contribution is 2.21. The minimum Gasteiger partial charge on any atom is -0.396 e. The van der Waals surface area contributed by atoms with E-state index in [0.717, 1.165) is 0 Å². The summed E-state index contributed by atoms with van der Waals surface area (Å²) in [5.41, 5.74) is -1.04. The first kappa shape index (κ1) is 13.4. The molecule has 0 unspecified atom stereocenters. The van der Waals surface area contributed by atoms with E-state index in [1.165, 1.54) is 0 Å². The minimum atomic E-state index is -4.52. The number of alkyl halides is 2. The molecule has 0 radical (unpaired) electrons. The second-order valence-electron chi connectivity index (χ2n) is 2.62. The van der Waals surface area contributed by atoms with Crippen molar-refractivity contribution in [2.75, 3.05) is 25.0 Å². The Labute approximate surface area is 86.6 Å². The van der Waals surface area contributed by atoms with Gasteiger partial charge in [0.2, 0.25) is 0 Å². The normalized spacial score (nSPS) is 13.2. The molecule has 0 spiro atoms. The van der Waals surface area contributed by atoms with Crippen LogP contribution in [-0.4, -0.2) is 43.1 Å². The van der Waals surface area contributed by atoms with Crippen molar-refractivity contribution in [3.8, 4) is 0 Å². The van der Waals surface area contributed by atoms with Gasteiger partial charge in [-0.1, -0.05) is 0 Å². The summed E-state index contributed by atoms with van der Waals surface area (Å²) in [6.45, 7) is -0.870. The molecule has 0 fully saturated rings. The molecule has 0 amide bonds. The molecule has 0 atom stereocenters. The van der Waals surface area contributed by atoms with Crippen molar-refractivity contribution in [1.29, 1.82) is 0 Å². The van der Waals surface area contributed by atoms with Gasteiger partial charge in [0.1, 0.15) is 0 Å². The second-order valence-corrected chi connectivity index (χ2v) is 4.24. The van der Waals surface area contributed by atoms with Crippen LogP contribution in [0.4, 0.5) is 0 Å². The van der Waals surface area contributed by atoms with Gasteiger partial charge in [0.05, 0.1) is 13.2 Å². The predicted molar refractivity (Wildman–Crippen MR) is 48.5 cm³/mol. The highest BCUT2D eigenvalue weighted by atomic mass is 35.5. The van der Waals surface area contributed by atoms with E-state index in [2.05, 4.69) is 4.18 Å². The van der Waals surface area contributed by atoms with E-state index < -0.39 is 29.0 Å². The van der Waals surface area contributed by atoms with Crippen LogP contribution in [0.2, 0.25) is 0 Å². The summed E-state index contributed by atoms with van der Waals surface area (Å²) < 4.78 is 32.7. The molecule has 0 aliphatic heterocycles. The molecule has 0 bridgehead atoms. The number of rotatable bonds is 6. The van der Waals surface area contributed by atoms with Gasteiger partial charge in [-0.3, -0.25) is 4.55 Å². The van der Waals surface area contributed by atoms with Crippen molar-refractivity contribution in [3.05, 3.63) is 0 Å². The van der Waals surface area contributed by atoms with E-state index in [0.29, 0.717) is 0 Å². The average Bonchev–Trinajstić information content (AvgIpc) is 2.06. The van der Waals surface area contributed by atoms with Crippen molar-refractivity contribution >= 4 is 33.6 Å². The van der Waals surface area contributed by atoms with Gasteiger partial charge >= 0.3 is 10.4 Å². The number of halogens is 2. The van der Waals surface area contributed by atoms with Crippen molar-refractivity contribution in [1.82, 2.24) is 0 Å². The molecule has 0 aromatic carbocycles. The fourth-order valence-electron chi connectivity index (χ4n) is 0.442. The Morgan fingerprint density at radius 2 is 1.77 bits per heavy atom. The molecule has 80 valence electrons. The first-order valence-electron chi connectivity index (χ1n) is 3.24. The smallest absolute Gasteiger partial charge is 0.396 e. The van der Waals surface area contributed by atoms with Gasteiger partial charge in [-0.2, -0.15) is 8.42 Å². The SMILES string of the molecule is O=S(=O)(O)OCC(CO)(CCl)CCl. The number of aliphatic hydroxyl groups excluding tert-OH is 1. The van der Waals surface area contributed by atoms with Gasteiger partial charge in [0.25, 0.3) is 0 Å². The molecule has 8 heteroatoms. The van der Waals surface area contributed by atoms with Crippen LogP contribution in [0.5, 0.6) is 0 Å². The van der Waals surface area contributed by atoms with Gasteiger partial charge in [0.15, 0.2) is 0 Å². The van der Waals surface area contributed by atoms with Crippen LogP contribution in [0.15, 0.2) is 0 Å². The molecule has 5 nitrogen and oxygen atoms in total. The summed E-state index contributed by atoms with van der Waals surface area (Å²) in [6, 6.07) is 0. The third-order valence-corrected chi connectivity index (χ3v) is 2.97. The Morgan fingerprint density at radius 3 is 2.00 bits per heavy atom. The molecule has 0 saturated carbocycles. The molecule has 0 aromatic heterocycles.